The smallest absolute Gasteiger partial charge is 0.228 e. The lowest BCUT2D eigenvalue weighted by Gasteiger charge is -2.17. The lowest BCUT2D eigenvalue weighted by atomic mass is 10.1. The molecule has 10 nitrogen and oxygen atoms in total. The molecule has 3 aromatic rings. The second-order valence-corrected chi connectivity index (χ2v) is 7.93. The number of methoxy groups -OCH3 is 1. The molecule has 0 bridgehead atoms. The summed E-state index contributed by atoms with van der Waals surface area (Å²) in [6.07, 6.45) is 3.21. The van der Waals surface area contributed by atoms with Gasteiger partial charge < -0.3 is 20.3 Å². The van der Waals surface area contributed by atoms with E-state index < -0.39 is 6.98 Å². The van der Waals surface area contributed by atoms with Crippen LogP contribution in [0.25, 0.3) is 17.1 Å². The van der Waals surface area contributed by atoms with Gasteiger partial charge in [-0.05, 0) is 25.0 Å². The zero-order valence-electron chi connectivity index (χ0n) is 21.0. The molecule has 1 aliphatic heterocycles. The minimum atomic E-state index is -2.58. The Labute approximate surface area is 194 Å². The van der Waals surface area contributed by atoms with E-state index in [1.54, 1.807) is 42.2 Å². The summed E-state index contributed by atoms with van der Waals surface area (Å²) < 4.78 is 30.8. The van der Waals surface area contributed by atoms with Crippen molar-refractivity contribution in [3.05, 3.63) is 41.9 Å². The van der Waals surface area contributed by atoms with Crippen LogP contribution < -0.4 is 15.4 Å². The molecule has 1 aromatic carbocycles. The minimum Gasteiger partial charge on any atom is -0.494 e. The first-order valence-electron chi connectivity index (χ1n) is 11.9. The van der Waals surface area contributed by atoms with E-state index in [2.05, 4.69) is 25.7 Å². The summed E-state index contributed by atoms with van der Waals surface area (Å²) in [6, 6.07) is 6.94. The molecule has 2 aliphatic rings. The van der Waals surface area contributed by atoms with Crippen molar-refractivity contribution in [1.29, 1.82) is 0 Å². The van der Waals surface area contributed by atoms with Gasteiger partial charge >= 0.3 is 0 Å². The van der Waals surface area contributed by atoms with Crippen LogP contribution in [-0.4, -0.2) is 50.6 Å². The Bertz CT molecular complexity index is 1410. The molecule has 33 heavy (non-hydrogen) atoms. The number of para-hydroxylation sites is 1. The topological polar surface area (TPSA) is 114 Å². The van der Waals surface area contributed by atoms with Crippen LogP contribution in [0.3, 0.4) is 0 Å². The van der Waals surface area contributed by atoms with Gasteiger partial charge in [-0.15, -0.1) is 0 Å². The Hall–Kier alpha value is -4.17. The maximum Gasteiger partial charge on any atom is 0.228 e. The molecule has 1 saturated carbocycles. The second-order valence-electron chi connectivity index (χ2n) is 7.93. The number of hydrogen-bond donors (Lipinski definition) is 2. The zero-order chi connectivity index (χ0) is 25.6. The van der Waals surface area contributed by atoms with Crippen molar-refractivity contribution >= 4 is 34.7 Å². The minimum absolute atomic E-state index is 0.0524. The quantitative estimate of drug-likeness (QED) is 0.553. The van der Waals surface area contributed by atoms with Crippen molar-refractivity contribution in [3.8, 4) is 17.1 Å². The summed E-state index contributed by atoms with van der Waals surface area (Å²) in [7, 11) is 3.27. The van der Waals surface area contributed by atoms with E-state index in [1.165, 1.54) is 7.11 Å². The molecule has 2 N–H and O–H groups in total. The average Bonchev–Trinajstić information content (AvgIpc) is 3.48. The molecule has 0 saturated heterocycles. The highest BCUT2D eigenvalue weighted by molar-refractivity contribution is 5.98. The van der Waals surface area contributed by atoms with Crippen molar-refractivity contribution in [1.82, 2.24) is 24.6 Å². The van der Waals surface area contributed by atoms with E-state index in [0.717, 1.165) is 17.7 Å². The molecule has 0 unspecified atom stereocenters. The Morgan fingerprint density at radius 2 is 2.18 bits per heavy atom. The van der Waals surface area contributed by atoms with E-state index in [0.29, 0.717) is 39.8 Å². The van der Waals surface area contributed by atoms with Gasteiger partial charge in [0.15, 0.2) is 17.5 Å². The Kier molecular flexibility index (Phi) is 4.25. The number of aryl methyl sites for hydroxylation is 1. The summed E-state index contributed by atoms with van der Waals surface area (Å²) >= 11 is 0. The highest BCUT2D eigenvalue weighted by atomic mass is 16.5. The van der Waals surface area contributed by atoms with Crippen molar-refractivity contribution in [2.45, 2.75) is 19.4 Å². The monoisotopic (exact) mass is 448 g/mol. The third-order valence-corrected chi connectivity index (χ3v) is 5.53. The third kappa shape index (κ3) is 3.81. The molecule has 3 heterocycles. The molecule has 1 aliphatic carbocycles. The van der Waals surface area contributed by atoms with Gasteiger partial charge in [0.2, 0.25) is 5.91 Å². The molecule has 2 aromatic heterocycles. The number of nitrogens with one attached hydrogen (secondary N) is 2. The molecule has 0 spiro atoms. The largest absolute Gasteiger partial charge is 0.494 e. The maximum atomic E-state index is 12.4. The van der Waals surface area contributed by atoms with Crippen molar-refractivity contribution in [2.24, 2.45) is 13.0 Å². The number of hydrogen-bond acceptors (Lipinski definition) is 8. The summed E-state index contributed by atoms with van der Waals surface area (Å²) in [5.41, 5.74) is 2.03. The SMILES string of the molecule is [2H]C([2H])([2H])N1Cc2nc(NC(=O)C3CC3)cc(Nc3cccc(-c4ncn(C)n4)c3OC)c2C1=C=O. The summed E-state index contributed by atoms with van der Waals surface area (Å²) in [5, 5.41) is 10.4. The number of fused-ring (bicyclic) bond motifs is 1. The number of carbonyl (C=O) groups is 1. The van der Waals surface area contributed by atoms with Gasteiger partial charge in [-0.3, -0.25) is 9.48 Å². The first-order chi connectivity index (χ1) is 17.2. The van der Waals surface area contributed by atoms with Crippen LogP contribution in [0, 0.1) is 5.92 Å². The normalized spacial score (nSPS) is 16.4. The van der Waals surface area contributed by atoms with Crippen molar-refractivity contribution < 1.29 is 18.4 Å². The lowest BCUT2D eigenvalue weighted by Crippen LogP contribution is -2.15. The van der Waals surface area contributed by atoms with Gasteiger partial charge in [-0.2, -0.15) is 5.10 Å². The number of ether oxygens (including phenoxy) is 1. The Morgan fingerprint density at radius 3 is 2.85 bits per heavy atom. The Balaban J connectivity index is 1.61. The fraction of sp³-hybridized carbons (Fsp3) is 0.304. The molecule has 168 valence electrons. The lowest BCUT2D eigenvalue weighted by molar-refractivity contribution is -0.117. The van der Waals surface area contributed by atoms with Crippen LogP contribution in [0.5, 0.6) is 5.75 Å². The third-order valence-electron chi connectivity index (χ3n) is 5.53. The second kappa shape index (κ2) is 8.07. The average molecular weight is 449 g/mol. The number of benzene rings is 1. The molecular weight excluding hydrogens is 422 g/mol. The van der Waals surface area contributed by atoms with Crippen molar-refractivity contribution in [2.75, 3.05) is 24.7 Å². The maximum absolute atomic E-state index is 12.4. The van der Waals surface area contributed by atoms with Crippen LogP contribution in [0.15, 0.2) is 30.6 Å². The first-order valence-corrected chi connectivity index (χ1v) is 10.4. The fourth-order valence-electron chi connectivity index (χ4n) is 3.82. The molecule has 0 atom stereocenters. The van der Waals surface area contributed by atoms with E-state index >= 15 is 0 Å². The van der Waals surface area contributed by atoms with E-state index in [1.807, 2.05) is 6.07 Å². The van der Waals surface area contributed by atoms with Gasteiger partial charge in [0.25, 0.3) is 0 Å². The predicted octanol–water partition coefficient (Wildman–Crippen LogP) is 2.60. The van der Waals surface area contributed by atoms with Crippen LogP contribution in [0.2, 0.25) is 0 Å². The number of carbonyl (C=O) groups excluding carboxylic acids is 2. The number of nitrogens with zero attached hydrogens (tertiary/aromatic N) is 5. The van der Waals surface area contributed by atoms with E-state index in [-0.39, 0.29) is 29.9 Å². The van der Waals surface area contributed by atoms with Gasteiger partial charge in [-0.25, -0.2) is 14.8 Å². The Morgan fingerprint density at radius 1 is 1.33 bits per heavy atom. The molecule has 1 amide bonds. The predicted molar refractivity (Wildman–Crippen MR) is 122 cm³/mol. The number of rotatable bonds is 6. The van der Waals surface area contributed by atoms with Crippen molar-refractivity contribution in [3.63, 3.8) is 0 Å². The first kappa shape index (κ1) is 17.4. The van der Waals surface area contributed by atoms with E-state index in [9.17, 15) is 9.59 Å². The fourth-order valence-corrected chi connectivity index (χ4v) is 3.82. The molecule has 1 fully saturated rings. The highest BCUT2D eigenvalue weighted by Crippen LogP contribution is 2.41. The molecular formula is C23H23N7O3. The number of pyridine rings is 1. The molecule has 10 heteroatoms. The number of aromatic nitrogens is 4. The number of anilines is 3. The van der Waals surface area contributed by atoms with Crippen LogP contribution >= 0.6 is 0 Å². The molecule has 0 radical (unpaired) electrons. The summed E-state index contributed by atoms with van der Waals surface area (Å²) in [5.74, 6) is 2.73. The summed E-state index contributed by atoms with van der Waals surface area (Å²) in [6.45, 7) is -2.71. The molecule has 5 rings (SSSR count). The van der Waals surface area contributed by atoms with Gasteiger partial charge in [0.05, 0.1) is 41.9 Å². The van der Waals surface area contributed by atoms with Gasteiger partial charge in [0, 0.05) is 30.1 Å². The summed E-state index contributed by atoms with van der Waals surface area (Å²) in [4.78, 5) is 34.1. The zero-order valence-corrected chi connectivity index (χ0v) is 18.0. The van der Waals surface area contributed by atoms with Gasteiger partial charge in [-0.1, -0.05) is 6.07 Å². The van der Waals surface area contributed by atoms with Gasteiger partial charge in [0.1, 0.15) is 17.8 Å². The van der Waals surface area contributed by atoms with Crippen LogP contribution in [0.4, 0.5) is 17.2 Å². The van der Waals surface area contributed by atoms with E-state index in [4.69, 9.17) is 8.85 Å². The highest BCUT2D eigenvalue weighted by Gasteiger charge is 2.32. The van der Waals surface area contributed by atoms with Crippen LogP contribution in [-0.2, 0) is 23.2 Å². The van der Waals surface area contributed by atoms with Crippen LogP contribution in [0.1, 0.15) is 28.2 Å². The number of amides is 1. The standard InChI is InChI=1S/C23H23N7O3/c1-29-10-17-20(18(29)11-31)16(9-19(26-17)27-23(32)13-7-8-13)25-15-6-4-5-14(21(15)33-3)22-24-12-30(2)28-22/h4-6,9,12-13H,7-8,10H2,1-3H3,(H2,25,26,27,32)/i1D3.